The molecule has 0 saturated carbocycles. The number of aliphatic hydroxyl groups excluding tert-OH is 1. The van der Waals surface area contributed by atoms with Crippen LogP contribution in [0.15, 0.2) is 84.9 Å². The molecule has 3 aliphatic heterocycles. The Morgan fingerprint density at radius 2 is 0.992 bits per heavy atom. The lowest BCUT2D eigenvalue weighted by molar-refractivity contribution is -0.157. The number of hydrogen-bond acceptors (Lipinski definition) is 20. The molecule has 7 rings (SSSR count). The van der Waals surface area contributed by atoms with Crippen LogP contribution in [0.2, 0.25) is 0 Å². The van der Waals surface area contributed by atoms with Crippen molar-refractivity contribution < 1.29 is 96.7 Å². The summed E-state index contributed by atoms with van der Waals surface area (Å²) in [5.41, 5.74) is 1.12. The first kappa shape index (κ1) is 102. The fourth-order valence-electron chi connectivity index (χ4n) is 17.0. The van der Waals surface area contributed by atoms with Gasteiger partial charge in [-0.05, 0) is 141 Å². The third-order valence-electron chi connectivity index (χ3n) is 24.4. The summed E-state index contributed by atoms with van der Waals surface area (Å²) in [6, 6.07) is 11.5. The zero-order valence-corrected chi connectivity index (χ0v) is 77.9. The second kappa shape index (κ2) is 45.0. The monoisotopic (exact) mass is 1750 g/mol. The minimum Gasteiger partial charge on any atom is -0.508 e. The molecule has 0 aromatic heterocycles. The Bertz CT molecular complexity index is 4580. The number of benzene rings is 4. The minimum absolute atomic E-state index is 0.0661. The SMILES string of the molecule is CC[C@@H]1CC(=O)[C@H]([C@H](O)[C@H](C)C/C=C/c2ccc(C(=O)NCCOCCNC(=O)c3ccc4c(c3)C(=O)OC43c4ccc(O)cc4Oc4cc(O)ccc43)cc2)N(C)C(=O)[C@H](C(C)C)N(C)C(=O)C(CC(C)C)N(C)C(=O)[C@H](CC(C)C)N(C)C(=O)[C@@H](C)NC(=O)C(C)CC(=O)[C@H](CC(C)C)N(C)C(=O)C(C(C)C)CC(=O)[C@H](CC(C)C)N(C)C(=O)CN(C)C1=O. The topological polar surface area (TPSA) is 386 Å². The van der Waals surface area contributed by atoms with Gasteiger partial charge in [-0.2, -0.15) is 0 Å². The number of fused-ring (bicyclic) bond motifs is 6. The van der Waals surface area contributed by atoms with Crippen LogP contribution < -0.4 is 20.7 Å². The van der Waals surface area contributed by atoms with Gasteiger partial charge in [0.2, 0.25) is 47.3 Å². The molecule has 0 radical (unpaired) electrons. The number of rotatable bonds is 24. The van der Waals surface area contributed by atoms with Gasteiger partial charge in [0.15, 0.2) is 23.0 Å². The van der Waals surface area contributed by atoms with Crippen molar-refractivity contribution in [2.45, 2.75) is 223 Å². The van der Waals surface area contributed by atoms with Gasteiger partial charge in [-0.25, -0.2) is 4.79 Å². The smallest absolute Gasteiger partial charge is 0.340 e. The summed E-state index contributed by atoms with van der Waals surface area (Å²) in [5.74, 6) is -13.4. The summed E-state index contributed by atoms with van der Waals surface area (Å²) in [4.78, 5) is 213. The predicted octanol–water partition coefficient (Wildman–Crippen LogP) is 9.83. The third kappa shape index (κ3) is 24.9. The van der Waals surface area contributed by atoms with Crippen LogP contribution in [0, 0.1) is 59.2 Å². The molecule has 3 aliphatic rings. The molecule has 6 N–H and O–H groups in total. The molecule has 30 nitrogen and oxygen atoms in total. The summed E-state index contributed by atoms with van der Waals surface area (Å²) in [6.45, 7) is 28.3. The molecule has 690 valence electrons. The molecule has 12 atom stereocenters. The Morgan fingerprint density at radius 3 is 1.51 bits per heavy atom. The van der Waals surface area contributed by atoms with Gasteiger partial charge in [0.25, 0.3) is 11.8 Å². The summed E-state index contributed by atoms with van der Waals surface area (Å²) in [6.07, 6.45) is 1.62. The van der Waals surface area contributed by atoms with Gasteiger partial charge in [0.1, 0.15) is 53.2 Å². The van der Waals surface area contributed by atoms with Crippen LogP contribution in [0.3, 0.4) is 0 Å². The van der Waals surface area contributed by atoms with Crippen molar-refractivity contribution in [1.82, 2.24) is 50.2 Å². The van der Waals surface area contributed by atoms with E-state index in [1.165, 1.54) is 116 Å². The molecular formula is C96H136N10O20. The number of likely N-dealkylation sites (N-methyl/N-ethyl adjacent to an activating group) is 7. The van der Waals surface area contributed by atoms with Gasteiger partial charge < -0.3 is 79.8 Å². The van der Waals surface area contributed by atoms with Gasteiger partial charge in [0.05, 0.1) is 43.5 Å². The first-order chi connectivity index (χ1) is 59.1. The highest BCUT2D eigenvalue weighted by molar-refractivity contribution is 6.03. The molecule has 126 heavy (non-hydrogen) atoms. The van der Waals surface area contributed by atoms with Crippen LogP contribution in [0.25, 0.3) is 6.08 Å². The van der Waals surface area contributed by atoms with Crippen molar-refractivity contribution in [2.75, 3.05) is 82.2 Å². The fraction of sp³-hybridized carbons (Fsp3) is 0.583. The number of hydrogen-bond donors (Lipinski definition) is 6. The number of aliphatic hydroxyl groups is 1. The highest BCUT2D eigenvalue weighted by Crippen LogP contribution is 2.57. The van der Waals surface area contributed by atoms with Crippen LogP contribution >= 0.6 is 0 Å². The third-order valence-corrected chi connectivity index (χ3v) is 24.4. The van der Waals surface area contributed by atoms with E-state index in [9.17, 15) is 63.3 Å². The number of aromatic hydroxyl groups is 2. The van der Waals surface area contributed by atoms with E-state index in [1.807, 2.05) is 55.4 Å². The standard InChI is InChI=1S/C96H136N10O20/c1-24-63-48-79(111)84(85(113)59(14)26-25-27-62-28-30-64(31-29-62)87(115)97-38-40-124-41-39-98-88(116)65-32-35-70-69(47-65)95(123)126-96(70)71-36-33-66(107)49-80(71)125-81-50-67(108)34-37-72(81)96)106(23)94(122)83(58(12)13)105(22)93(121)76(45-56(8)9)104(21)92(120)75(44-55(6)7)103(20)89(117)61(16)99-86(114)60(15)46-77(109)74(43-54(4)5)102(19)91(119)68(57(10)11)51-78(110)73(42-53(2)3)101(18)82(112)52-100(17)90(63)118/h25,27-37,47,49-50,53-61,63,68,73-76,83-85,107-108,113H,24,26,38-46,48,51-52H2,1-23H3,(H,97,115)(H,98,116)(H,99,114)/b27-25+/t59-,60?,61-,63-,68?,73+,74+,75+,76?,83+,84-,85-/m1/s1. The second-order valence-electron chi connectivity index (χ2n) is 36.9. The van der Waals surface area contributed by atoms with Crippen LogP contribution in [0.5, 0.6) is 23.0 Å². The number of nitrogens with zero attached hydrogens (tertiary/aromatic N) is 7. The van der Waals surface area contributed by atoms with E-state index in [1.54, 1.807) is 109 Å². The summed E-state index contributed by atoms with van der Waals surface area (Å²) in [7, 11) is 10.1. The Labute approximate surface area is 742 Å². The average molecular weight is 1750 g/mol. The van der Waals surface area contributed by atoms with Crippen molar-refractivity contribution in [3.63, 3.8) is 0 Å². The van der Waals surface area contributed by atoms with Gasteiger partial charge >= 0.3 is 5.97 Å². The quantitative estimate of drug-likeness (QED) is 0.0280. The highest BCUT2D eigenvalue weighted by atomic mass is 16.6. The molecule has 4 aromatic carbocycles. The van der Waals surface area contributed by atoms with Crippen molar-refractivity contribution in [1.29, 1.82) is 0 Å². The van der Waals surface area contributed by atoms with Crippen molar-refractivity contribution in [3.05, 3.63) is 124 Å². The summed E-state index contributed by atoms with van der Waals surface area (Å²) < 4.78 is 17.9. The van der Waals surface area contributed by atoms with Gasteiger partial charge in [-0.1, -0.05) is 134 Å². The number of phenolic OH excluding ortho intramolecular Hbond substituents is 2. The van der Waals surface area contributed by atoms with Crippen molar-refractivity contribution in [2.24, 2.45) is 59.2 Å². The number of nitrogens with one attached hydrogen (secondary N) is 3. The highest BCUT2D eigenvalue weighted by Gasteiger charge is 2.55. The Kier molecular flexibility index (Phi) is 36.5. The van der Waals surface area contributed by atoms with Gasteiger partial charge in [0, 0.05) is 139 Å². The number of amides is 10. The number of phenols is 2. The molecule has 10 amide bonds. The maximum atomic E-state index is 15.7. The van der Waals surface area contributed by atoms with E-state index in [-0.39, 0.29) is 135 Å². The molecule has 1 saturated heterocycles. The number of ether oxygens (including phenoxy) is 3. The van der Waals surface area contributed by atoms with Crippen LogP contribution in [0.4, 0.5) is 0 Å². The molecule has 3 heterocycles. The number of carbonyl (C=O) groups excluding carboxylic acids is 14. The number of Topliss-reactive ketones (excluding diaryl/α,β-unsaturated/α-hetero) is 3. The van der Waals surface area contributed by atoms with Crippen molar-refractivity contribution in [3.8, 4) is 23.0 Å². The number of carbonyl (C=O) groups is 14. The number of allylic oxidation sites excluding steroid dienone is 1. The van der Waals surface area contributed by atoms with E-state index < -0.39 is 185 Å². The van der Waals surface area contributed by atoms with Crippen LogP contribution in [-0.2, 0) is 67.8 Å². The molecule has 4 aromatic rings. The lowest BCUT2D eigenvalue weighted by Gasteiger charge is -2.41. The normalized spacial score (nSPS) is 23.0. The van der Waals surface area contributed by atoms with Gasteiger partial charge in [-0.3, -0.25) is 62.3 Å². The van der Waals surface area contributed by atoms with E-state index >= 15 is 19.2 Å². The van der Waals surface area contributed by atoms with Crippen LogP contribution in [-0.4, -0.2) is 263 Å². The first-order valence-electron chi connectivity index (χ1n) is 44.1. The second-order valence-corrected chi connectivity index (χ2v) is 36.9. The van der Waals surface area contributed by atoms with E-state index in [4.69, 9.17) is 14.2 Å². The Hall–Kier alpha value is -10.9. The molecule has 30 heteroatoms. The molecule has 1 spiro atoms. The maximum Gasteiger partial charge on any atom is 0.340 e. The predicted molar refractivity (Wildman–Crippen MR) is 476 cm³/mol. The Balaban J connectivity index is 1.09. The van der Waals surface area contributed by atoms with E-state index in [0.717, 1.165) is 4.90 Å². The number of esters is 1. The molecule has 0 aliphatic carbocycles. The molecule has 1 fully saturated rings. The lowest BCUT2D eigenvalue weighted by atomic mass is 9.77. The molecule has 0 bridgehead atoms. The Morgan fingerprint density at radius 1 is 0.524 bits per heavy atom. The summed E-state index contributed by atoms with van der Waals surface area (Å²) >= 11 is 0. The average Bonchev–Trinajstić information content (AvgIpc) is 1.53. The summed E-state index contributed by atoms with van der Waals surface area (Å²) in [5, 5.41) is 41.6. The molecular weight excluding hydrogens is 1610 g/mol. The molecule has 3 unspecified atom stereocenters. The minimum atomic E-state index is -1.65. The van der Waals surface area contributed by atoms with E-state index in [0.29, 0.717) is 27.8 Å². The number of ketones is 3. The fourth-order valence-corrected chi connectivity index (χ4v) is 17.0. The maximum absolute atomic E-state index is 15.7. The first-order valence-corrected chi connectivity index (χ1v) is 44.1. The largest absolute Gasteiger partial charge is 0.508 e. The van der Waals surface area contributed by atoms with Crippen molar-refractivity contribution >= 4 is 88.5 Å². The van der Waals surface area contributed by atoms with Gasteiger partial charge in [-0.15, -0.1) is 0 Å². The zero-order valence-electron chi connectivity index (χ0n) is 77.9. The van der Waals surface area contributed by atoms with Crippen LogP contribution in [0.1, 0.15) is 222 Å². The lowest BCUT2D eigenvalue weighted by Crippen LogP contribution is -2.61. The van der Waals surface area contributed by atoms with E-state index in [2.05, 4.69) is 16.0 Å². The zero-order chi connectivity index (χ0) is 94.1.